The zero-order chi connectivity index (χ0) is 22.9. The van der Waals surface area contributed by atoms with E-state index in [0.717, 1.165) is 0 Å². The second-order valence-electron chi connectivity index (χ2n) is 9.24. The van der Waals surface area contributed by atoms with Crippen LogP contribution in [0.2, 0.25) is 0 Å². The molecule has 0 N–H and O–H groups in total. The first-order valence-electron chi connectivity index (χ1n) is 10.9. The third-order valence-corrected chi connectivity index (χ3v) is 6.20. The van der Waals surface area contributed by atoms with E-state index in [2.05, 4.69) is 132 Å². The van der Waals surface area contributed by atoms with E-state index in [0.29, 0.717) is 0 Å². The maximum atomic E-state index is 2.36. The predicted molar refractivity (Wildman–Crippen MR) is 137 cm³/mol. The summed E-state index contributed by atoms with van der Waals surface area (Å²) < 4.78 is 0. The van der Waals surface area contributed by atoms with Crippen molar-refractivity contribution in [3.63, 3.8) is 0 Å². The minimum Gasteiger partial charge on any atom is -0.378 e. The highest BCUT2D eigenvalue weighted by Crippen LogP contribution is 2.39. The molecule has 31 heavy (non-hydrogen) atoms. The van der Waals surface area contributed by atoms with Crippen molar-refractivity contribution in [2.75, 3.05) is 57.0 Å². The van der Waals surface area contributed by atoms with E-state index in [1.54, 1.807) is 0 Å². The fraction of sp³-hybridized carbons (Fsp3) is 0.357. The molecule has 0 saturated carbocycles. The Morgan fingerprint density at radius 1 is 0.516 bits per heavy atom. The number of aryl methyl sites for hydroxylation is 3. The summed E-state index contributed by atoms with van der Waals surface area (Å²) >= 11 is 0. The highest BCUT2D eigenvalue weighted by molar-refractivity contribution is 5.60. The molecule has 3 aromatic carbocycles. The largest absolute Gasteiger partial charge is 0.378 e. The van der Waals surface area contributed by atoms with Crippen molar-refractivity contribution < 1.29 is 0 Å². The third kappa shape index (κ3) is 4.71. The van der Waals surface area contributed by atoms with Gasteiger partial charge in [-0.2, -0.15) is 0 Å². The van der Waals surface area contributed by atoms with Gasteiger partial charge in [-0.1, -0.05) is 24.3 Å². The number of hydrogen-bond acceptors (Lipinski definition) is 3. The van der Waals surface area contributed by atoms with Crippen LogP contribution in [-0.4, -0.2) is 42.3 Å². The fourth-order valence-electron chi connectivity index (χ4n) is 4.41. The number of anilines is 3. The lowest BCUT2D eigenvalue weighted by molar-refractivity contribution is 0.941. The van der Waals surface area contributed by atoms with Gasteiger partial charge >= 0.3 is 0 Å². The van der Waals surface area contributed by atoms with Crippen LogP contribution in [0.3, 0.4) is 0 Å². The van der Waals surface area contributed by atoms with Crippen LogP contribution in [0.1, 0.15) is 39.3 Å². The summed E-state index contributed by atoms with van der Waals surface area (Å²) in [5.74, 6) is 0.197. The van der Waals surface area contributed by atoms with E-state index in [1.165, 1.54) is 50.4 Å². The van der Waals surface area contributed by atoms with Crippen LogP contribution in [0.25, 0.3) is 0 Å². The van der Waals surface area contributed by atoms with Gasteiger partial charge in [-0.05, 0) is 84.5 Å². The van der Waals surface area contributed by atoms with Gasteiger partial charge in [0.25, 0.3) is 0 Å². The Bertz CT molecular complexity index is 1010. The van der Waals surface area contributed by atoms with Gasteiger partial charge in [0.1, 0.15) is 0 Å². The molecule has 0 amide bonds. The van der Waals surface area contributed by atoms with Gasteiger partial charge in [0, 0.05) is 65.3 Å². The van der Waals surface area contributed by atoms with Crippen molar-refractivity contribution in [3.8, 4) is 0 Å². The van der Waals surface area contributed by atoms with Gasteiger partial charge < -0.3 is 14.7 Å². The summed E-state index contributed by atoms with van der Waals surface area (Å²) in [7, 11) is 12.6. The minimum absolute atomic E-state index is 0.197. The van der Waals surface area contributed by atoms with Crippen LogP contribution >= 0.6 is 0 Å². The fourth-order valence-corrected chi connectivity index (χ4v) is 4.41. The van der Waals surface area contributed by atoms with Crippen LogP contribution in [0.15, 0.2) is 54.6 Å². The molecule has 3 aromatic rings. The Hall–Kier alpha value is -2.94. The van der Waals surface area contributed by atoms with Crippen molar-refractivity contribution in [2.24, 2.45) is 0 Å². The first-order valence-corrected chi connectivity index (χ1v) is 10.9. The maximum Gasteiger partial charge on any atom is 0.0390 e. The highest BCUT2D eigenvalue weighted by atomic mass is 15.1. The molecule has 0 heterocycles. The summed E-state index contributed by atoms with van der Waals surface area (Å²) in [6.07, 6.45) is 0. The molecule has 0 aliphatic heterocycles. The first kappa shape index (κ1) is 22.7. The summed E-state index contributed by atoms with van der Waals surface area (Å²) in [5, 5.41) is 0. The molecule has 0 bridgehead atoms. The molecule has 164 valence electrons. The number of rotatable bonds is 6. The molecule has 3 heteroatoms. The number of nitrogens with zero attached hydrogens (tertiary/aromatic N) is 3. The highest BCUT2D eigenvalue weighted by Gasteiger charge is 2.22. The number of benzene rings is 3. The first-order chi connectivity index (χ1) is 14.6. The van der Waals surface area contributed by atoms with E-state index < -0.39 is 0 Å². The molecule has 0 radical (unpaired) electrons. The zero-order valence-corrected chi connectivity index (χ0v) is 20.6. The normalized spacial score (nSPS) is 11.0. The number of hydrogen-bond donors (Lipinski definition) is 0. The average Bonchev–Trinajstić information content (AvgIpc) is 2.69. The standard InChI is InChI=1S/C28H37N3/c1-19-17-23(29(4)5)11-13-25(19)28(22-10-15-27(31(8)9)21(3)16-22)26-14-12-24(30(6)7)18-20(26)2/h10-18,28H,1-9H3. The van der Waals surface area contributed by atoms with Crippen LogP contribution in [-0.2, 0) is 0 Å². The van der Waals surface area contributed by atoms with Crippen molar-refractivity contribution in [2.45, 2.75) is 26.7 Å². The SMILES string of the molecule is Cc1cc(N(C)C)ccc1C(c1ccc(N(C)C)c(C)c1)c1ccc(N(C)C)cc1C. The minimum atomic E-state index is 0.197. The third-order valence-electron chi connectivity index (χ3n) is 6.20. The molecule has 0 unspecified atom stereocenters. The lowest BCUT2D eigenvalue weighted by atomic mass is 9.80. The summed E-state index contributed by atoms with van der Waals surface area (Å²) in [4.78, 5) is 6.51. The van der Waals surface area contributed by atoms with Crippen LogP contribution < -0.4 is 14.7 Å². The lowest BCUT2D eigenvalue weighted by Gasteiger charge is -2.26. The molecule has 0 atom stereocenters. The second-order valence-corrected chi connectivity index (χ2v) is 9.24. The molecular formula is C28H37N3. The van der Waals surface area contributed by atoms with Crippen molar-refractivity contribution >= 4 is 17.1 Å². The Kier molecular flexibility index (Phi) is 6.64. The molecule has 0 aromatic heterocycles. The van der Waals surface area contributed by atoms with Crippen molar-refractivity contribution in [1.82, 2.24) is 0 Å². The van der Waals surface area contributed by atoms with E-state index in [9.17, 15) is 0 Å². The van der Waals surface area contributed by atoms with Gasteiger partial charge in [0.2, 0.25) is 0 Å². The predicted octanol–water partition coefficient (Wildman–Crippen LogP) is 5.99. The van der Waals surface area contributed by atoms with E-state index in [4.69, 9.17) is 0 Å². The monoisotopic (exact) mass is 415 g/mol. The van der Waals surface area contributed by atoms with E-state index >= 15 is 0 Å². The Labute approximate surface area is 188 Å². The Balaban J connectivity index is 2.22. The Morgan fingerprint density at radius 3 is 1.35 bits per heavy atom. The molecule has 3 nitrogen and oxygen atoms in total. The van der Waals surface area contributed by atoms with Gasteiger partial charge in [-0.15, -0.1) is 0 Å². The molecule has 0 saturated heterocycles. The lowest BCUT2D eigenvalue weighted by Crippen LogP contribution is -2.14. The zero-order valence-electron chi connectivity index (χ0n) is 20.6. The van der Waals surface area contributed by atoms with Crippen LogP contribution in [0, 0.1) is 20.8 Å². The van der Waals surface area contributed by atoms with E-state index in [-0.39, 0.29) is 5.92 Å². The maximum absolute atomic E-state index is 2.36. The molecule has 3 rings (SSSR count). The smallest absolute Gasteiger partial charge is 0.0390 e. The second kappa shape index (κ2) is 9.05. The molecular weight excluding hydrogens is 378 g/mol. The van der Waals surface area contributed by atoms with Crippen LogP contribution in [0.5, 0.6) is 0 Å². The molecule has 0 aliphatic rings. The van der Waals surface area contributed by atoms with Gasteiger partial charge in [-0.3, -0.25) is 0 Å². The van der Waals surface area contributed by atoms with E-state index in [1.807, 2.05) is 0 Å². The van der Waals surface area contributed by atoms with Gasteiger partial charge in [0.05, 0.1) is 0 Å². The molecule has 0 fully saturated rings. The summed E-state index contributed by atoms with van der Waals surface area (Å²) in [6, 6.07) is 20.6. The Morgan fingerprint density at radius 2 is 1.00 bits per heavy atom. The van der Waals surface area contributed by atoms with Gasteiger partial charge in [-0.25, -0.2) is 0 Å². The summed E-state index contributed by atoms with van der Waals surface area (Å²) in [6.45, 7) is 6.68. The average molecular weight is 416 g/mol. The topological polar surface area (TPSA) is 9.72 Å². The molecule has 0 spiro atoms. The summed E-state index contributed by atoms with van der Waals surface area (Å²) in [5.41, 5.74) is 11.7. The van der Waals surface area contributed by atoms with Gasteiger partial charge in [0.15, 0.2) is 0 Å². The van der Waals surface area contributed by atoms with Crippen molar-refractivity contribution in [3.05, 3.63) is 88.0 Å². The van der Waals surface area contributed by atoms with Crippen molar-refractivity contribution in [1.29, 1.82) is 0 Å². The molecule has 0 aliphatic carbocycles. The van der Waals surface area contributed by atoms with Crippen LogP contribution in [0.4, 0.5) is 17.1 Å². The quantitative estimate of drug-likeness (QED) is 0.458.